The highest BCUT2D eigenvalue weighted by atomic mass is 35.5. The zero-order chi connectivity index (χ0) is 11.7. The minimum Gasteiger partial charge on any atom is -0.290 e. The Morgan fingerprint density at radius 3 is 2.94 bits per heavy atom. The van der Waals surface area contributed by atoms with Gasteiger partial charge in [0.05, 0.1) is 16.1 Å². The number of halogens is 1. The number of hydrogen-bond acceptors (Lipinski definition) is 3. The first-order chi connectivity index (χ1) is 7.63. The Morgan fingerprint density at radius 1 is 1.50 bits per heavy atom. The Balaban J connectivity index is 2.79. The molecule has 0 aliphatic heterocycles. The lowest BCUT2D eigenvalue weighted by molar-refractivity contribution is 0.0955. The molecule has 0 aliphatic carbocycles. The molecule has 82 valence electrons. The lowest BCUT2D eigenvalue weighted by Gasteiger charge is -2.07. The summed E-state index contributed by atoms with van der Waals surface area (Å²) in [5, 5.41) is 1.20. The van der Waals surface area contributed by atoms with Crippen LogP contribution in [-0.4, -0.2) is 10.9 Å². The molecule has 16 heavy (non-hydrogen) atoms. The van der Waals surface area contributed by atoms with E-state index < -0.39 is 5.91 Å². The molecular weight excluding hydrogens is 226 g/mol. The summed E-state index contributed by atoms with van der Waals surface area (Å²) in [6.45, 7) is 1.93. The Labute approximate surface area is 97.4 Å². The maximum absolute atomic E-state index is 11.6. The van der Waals surface area contributed by atoms with E-state index in [1.807, 2.05) is 19.1 Å². The molecule has 0 atom stereocenters. The summed E-state index contributed by atoms with van der Waals surface area (Å²) < 4.78 is 0. The number of benzene rings is 1. The van der Waals surface area contributed by atoms with Crippen LogP contribution in [0.15, 0.2) is 24.4 Å². The number of carbonyl (C=O) groups excluding carboxylic acids is 1. The number of amides is 1. The van der Waals surface area contributed by atoms with Gasteiger partial charge in [-0.2, -0.15) is 0 Å². The van der Waals surface area contributed by atoms with E-state index in [1.54, 1.807) is 12.3 Å². The van der Waals surface area contributed by atoms with E-state index >= 15 is 0 Å². The van der Waals surface area contributed by atoms with Gasteiger partial charge in [-0.3, -0.25) is 15.2 Å². The third kappa shape index (κ3) is 1.73. The van der Waals surface area contributed by atoms with Crippen molar-refractivity contribution < 1.29 is 4.79 Å². The van der Waals surface area contributed by atoms with E-state index in [0.717, 1.165) is 10.9 Å². The molecule has 1 aromatic carbocycles. The predicted octanol–water partition coefficient (Wildman–Crippen LogP) is 1.80. The van der Waals surface area contributed by atoms with Gasteiger partial charge >= 0.3 is 0 Å². The van der Waals surface area contributed by atoms with Crippen molar-refractivity contribution in [3.05, 3.63) is 40.5 Å². The van der Waals surface area contributed by atoms with Crippen molar-refractivity contribution in [3.8, 4) is 0 Å². The summed E-state index contributed by atoms with van der Waals surface area (Å²) in [5.41, 5.74) is 3.95. The molecule has 1 amide bonds. The molecule has 0 saturated carbocycles. The Kier molecular flexibility index (Phi) is 2.77. The number of aromatic nitrogens is 1. The number of aryl methyl sites for hydroxylation is 1. The monoisotopic (exact) mass is 235 g/mol. The molecule has 1 aromatic heterocycles. The maximum Gasteiger partial charge on any atom is 0.268 e. The van der Waals surface area contributed by atoms with Crippen LogP contribution in [-0.2, 0) is 0 Å². The third-order valence-electron chi connectivity index (χ3n) is 2.30. The van der Waals surface area contributed by atoms with Gasteiger partial charge in [-0.05, 0) is 24.6 Å². The van der Waals surface area contributed by atoms with Crippen LogP contribution < -0.4 is 11.3 Å². The molecule has 0 aliphatic rings. The Morgan fingerprint density at radius 2 is 2.25 bits per heavy atom. The molecule has 3 N–H and O–H groups in total. The van der Waals surface area contributed by atoms with Gasteiger partial charge in [0.25, 0.3) is 5.91 Å². The first-order valence-electron chi connectivity index (χ1n) is 4.69. The average molecular weight is 236 g/mol. The zero-order valence-corrected chi connectivity index (χ0v) is 9.38. The number of nitrogens with one attached hydrogen (secondary N) is 1. The SMILES string of the molecule is Cc1cnc2c(C(=O)NN)c(Cl)ccc2c1. The van der Waals surface area contributed by atoms with Crippen molar-refractivity contribution in [3.63, 3.8) is 0 Å². The highest BCUT2D eigenvalue weighted by Crippen LogP contribution is 2.24. The van der Waals surface area contributed by atoms with Gasteiger partial charge in [-0.1, -0.05) is 17.7 Å². The fourth-order valence-electron chi connectivity index (χ4n) is 1.58. The van der Waals surface area contributed by atoms with E-state index in [0.29, 0.717) is 16.1 Å². The summed E-state index contributed by atoms with van der Waals surface area (Å²) >= 11 is 5.96. The molecule has 0 radical (unpaired) electrons. The molecule has 0 fully saturated rings. The molecule has 0 unspecified atom stereocenters. The van der Waals surface area contributed by atoms with Crippen LogP contribution in [0.3, 0.4) is 0 Å². The Hall–Kier alpha value is -1.65. The second-order valence-electron chi connectivity index (χ2n) is 3.48. The largest absolute Gasteiger partial charge is 0.290 e. The normalized spacial score (nSPS) is 10.4. The summed E-state index contributed by atoms with van der Waals surface area (Å²) in [7, 11) is 0. The van der Waals surface area contributed by atoms with Crippen LogP contribution in [0.25, 0.3) is 10.9 Å². The molecule has 4 nitrogen and oxygen atoms in total. The molecule has 0 spiro atoms. The van der Waals surface area contributed by atoms with E-state index in [9.17, 15) is 4.79 Å². The van der Waals surface area contributed by atoms with Gasteiger partial charge in [0.15, 0.2) is 0 Å². The van der Waals surface area contributed by atoms with Gasteiger partial charge in [-0.15, -0.1) is 0 Å². The molecule has 1 heterocycles. The van der Waals surface area contributed by atoms with Crippen LogP contribution in [0, 0.1) is 6.92 Å². The van der Waals surface area contributed by atoms with Crippen molar-refractivity contribution in [2.24, 2.45) is 5.84 Å². The molecule has 5 heteroatoms. The number of fused-ring (bicyclic) bond motifs is 1. The van der Waals surface area contributed by atoms with Gasteiger partial charge in [0.1, 0.15) is 0 Å². The van der Waals surface area contributed by atoms with Crippen LogP contribution in [0.2, 0.25) is 5.02 Å². The second-order valence-corrected chi connectivity index (χ2v) is 3.89. The van der Waals surface area contributed by atoms with Crippen molar-refractivity contribution in [1.29, 1.82) is 0 Å². The van der Waals surface area contributed by atoms with E-state index in [2.05, 4.69) is 10.4 Å². The quantitative estimate of drug-likeness (QED) is 0.450. The summed E-state index contributed by atoms with van der Waals surface area (Å²) in [6, 6.07) is 5.42. The topological polar surface area (TPSA) is 68.0 Å². The van der Waals surface area contributed by atoms with Crippen molar-refractivity contribution >= 4 is 28.4 Å². The summed E-state index contributed by atoms with van der Waals surface area (Å²) in [5.74, 6) is 4.67. The van der Waals surface area contributed by atoms with E-state index in [1.165, 1.54) is 0 Å². The van der Waals surface area contributed by atoms with Gasteiger partial charge in [0.2, 0.25) is 0 Å². The molecule has 0 saturated heterocycles. The second kappa shape index (κ2) is 4.08. The molecular formula is C11H10ClN3O. The van der Waals surface area contributed by atoms with Gasteiger partial charge in [-0.25, -0.2) is 5.84 Å². The van der Waals surface area contributed by atoms with Crippen LogP contribution in [0.5, 0.6) is 0 Å². The van der Waals surface area contributed by atoms with E-state index in [4.69, 9.17) is 17.4 Å². The fraction of sp³-hybridized carbons (Fsp3) is 0.0909. The number of rotatable bonds is 1. The minimum atomic E-state index is -0.438. The number of nitrogen functional groups attached to an aromatic ring is 1. The standard InChI is InChI=1S/C11H10ClN3O/c1-6-4-7-2-3-8(12)9(11(16)15-13)10(7)14-5-6/h2-5H,13H2,1H3,(H,15,16). The number of nitrogens with zero attached hydrogens (tertiary/aromatic N) is 1. The lowest BCUT2D eigenvalue weighted by Crippen LogP contribution is -2.30. The zero-order valence-electron chi connectivity index (χ0n) is 8.62. The molecule has 2 aromatic rings. The van der Waals surface area contributed by atoms with Crippen molar-refractivity contribution in [1.82, 2.24) is 10.4 Å². The third-order valence-corrected chi connectivity index (χ3v) is 2.61. The number of hydrazine groups is 1. The maximum atomic E-state index is 11.6. The number of nitrogens with two attached hydrogens (primary N) is 1. The first kappa shape index (κ1) is 10.9. The highest BCUT2D eigenvalue weighted by molar-refractivity contribution is 6.35. The number of pyridine rings is 1. The molecule has 0 bridgehead atoms. The van der Waals surface area contributed by atoms with Gasteiger partial charge in [0, 0.05) is 11.6 Å². The Bertz CT molecular complexity index is 568. The number of hydrogen-bond donors (Lipinski definition) is 2. The summed E-state index contributed by atoms with van der Waals surface area (Å²) in [4.78, 5) is 15.8. The minimum absolute atomic E-state index is 0.307. The summed E-state index contributed by atoms with van der Waals surface area (Å²) in [6.07, 6.45) is 1.69. The predicted molar refractivity (Wildman–Crippen MR) is 63.1 cm³/mol. The van der Waals surface area contributed by atoms with Crippen molar-refractivity contribution in [2.45, 2.75) is 6.92 Å². The first-order valence-corrected chi connectivity index (χ1v) is 5.07. The van der Waals surface area contributed by atoms with Crippen LogP contribution in [0.1, 0.15) is 15.9 Å². The fourth-order valence-corrected chi connectivity index (χ4v) is 1.81. The number of carbonyl (C=O) groups is 1. The lowest BCUT2D eigenvalue weighted by atomic mass is 10.1. The smallest absolute Gasteiger partial charge is 0.268 e. The molecule has 2 rings (SSSR count). The van der Waals surface area contributed by atoms with Crippen molar-refractivity contribution in [2.75, 3.05) is 0 Å². The van der Waals surface area contributed by atoms with Crippen LogP contribution >= 0.6 is 11.6 Å². The van der Waals surface area contributed by atoms with Crippen LogP contribution in [0.4, 0.5) is 0 Å². The van der Waals surface area contributed by atoms with E-state index in [-0.39, 0.29) is 0 Å². The highest BCUT2D eigenvalue weighted by Gasteiger charge is 2.14. The van der Waals surface area contributed by atoms with Gasteiger partial charge < -0.3 is 0 Å². The average Bonchev–Trinajstić information content (AvgIpc) is 2.28.